The van der Waals surface area contributed by atoms with Gasteiger partial charge in [0, 0.05) is 30.0 Å². The lowest BCUT2D eigenvalue weighted by Gasteiger charge is -2.40. The van der Waals surface area contributed by atoms with Crippen molar-refractivity contribution < 1.29 is 19.4 Å². The van der Waals surface area contributed by atoms with Gasteiger partial charge in [0.1, 0.15) is 11.9 Å². The molecular formula is C18H17NO4. The van der Waals surface area contributed by atoms with Crippen LogP contribution in [-0.4, -0.2) is 22.8 Å². The second kappa shape index (κ2) is 5.32. The van der Waals surface area contributed by atoms with Crippen LogP contribution in [0.1, 0.15) is 54.3 Å². The monoisotopic (exact) mass is 311 g/mol. The molecule has 2 aliphatic carbocycles. The Labute approximate surface area is 134 Å². The first-order valence-corrected chi connectivity index (χ1v) is 7.51. The second-order valence-corrected chi connectivity index (χ2v) is 6.52. The molecule has 1 N–H and O–H groups in total. The minimum atomic E-state index is -1.06. The lowest BCUT2D eigenvalue weighted by Crippen LogP contribution is -2.46. The van der Waals surface area contributed by atoms with Gasteiger partial charge in [-0.25, -0.2) is 0 Å². The van der Waals surface area contributed by atoms with Crippen molar-refractivity contribution in [1.29, 1.82) is 5.26 Å². The summed E-state index contributed by atoms with van der Waals surface area (Å²) in [4.78, 5) is 24.0. The number of hydrogen-bond donors (Lipinski definition) is 1. The van der Waals surface area contributed by atoms with Crippen LogP contribution in [0.2, 0.25) is 0 Å². The van der Waals surface area contributed by atoms with Gasteiger partial charge in [0.2, 0.25) is 0 Å². The summed E-state index contributed by atoms with van der Waals surface area (Å²) in [5.74, 6) is 0.324. The quantitative estimate of drug-likeness (QED) is 0.906. The van der Waals surface area contributed by atoms with Crippen LogP contribution in [0.3, 0.4) is 0 Å². The zero-order valence-corrected chi connectivity index (χ0v) is 13.0. The maximum atomic E-state index is 12.6. The fraction of sp³-hybridized carbons (Fsp3) is 0.389. The summed E-state index contributed by atoms with van der Waals surface area (Å²) in [5.41, 5.74) is 0.346. The van der Waals surface area contributed by atoms with E-state index in [9.17, 15) is 14.7 Å². The molecule has 5 nitrogen and oxygen atoms in total. The van der Waals surface area contributed by atoms with E-state index in [1.54, 1.807) is 32.0 Å². The van der Waals surface area contributed by atoms with Gasteiger partial charge in [-0.3, -0.25) is 9.59 Å². The smallest absolute Gasteiger partial charge is 0.171 e. The predicted molar refractivity (Wildman–Crippen MR) is 81.4 cm³/mol. The largest absolute Gasteiger partial charge is 0.487 e. The van der Waals surface area contributed by atoms with E-state index in [0.29, 0.717) is 35.3 Å². The fourth-order valence-corrected chi connectivity index (χ4v) is 3.06. The van der Waals surface area contributed by atoms with Crippen LogP contribution >= 0.6 is 0 Å². The van der Waals surface area contributed by atoms with E-state index >= 15 is 0 Å². The molecule has 0 saturated heterocycles. The molecule has 1 aromatic rings. The lowest BCUT2D eigenvalue weighted by molar-refractivity contribution is -0.114. The lowest BCUT2D eigenvalue weighted by atomic mass is 9.69. The molecule has 0 aromatic heterocycles. The number of rotatable bonds is 2. The van der Waals surface area contributed by atoms with Gasteiger partial charge in [-0.2, -0.15) is 5.26 Å². The van der Waals surface area contributed by atoms with Crippen LogP contribution < -0.4 is 0 Å². The van der Waals surface area contributed by atoms with Crippen LogP contribution in [0.25, 0.3) is 0 Å². The highest BCUT2D eigenvalue weighted by molar-refractivity contribution is 6.03. The molecule has 2 aliphatic rings. The van der Waals surface area contributed by atoms with Crippen LogP contribution in [0.15, 0.2) is 30.0 Å². The number of carbonyl (C=O) groups excluding carboxylic acids is 2. The molecular weight excluding hydrogens is 294 g/mol. The van der Waals surface area contributed by atoms with Crippen LogP contribution in [-0.2, 0) is 9.53 Å². The molecule has 118 valence electrons. The normalized spacial score (nSPS) is 25.6. The van der Waals surface area contributed by atoms with E-state index in [-0.39, 0.29) is 11.6 Å². The van der Waals surface area contributed by atoms with Crippen molar-refractivity contribution >= 4 is 11.6 Å². The summed E-state index contributed by atoms with van der Waals surface area (Å²) in [6.45, 7) is 3.34. The third-order valence-electron chi connectivity index (χ3n) is 4.56. The Bertz CT molecular complexity index is 770. The van der Waals surface area contributed by atoms with E-state index in [0.717, 1.165) is 0 Å². The molecule has 0 amide bonds. The minimum absolute atomic E-state index is 0.00775. The molecule has 0 radical (unpaired) electrons. The predicted octanol–water partition coefficient (Wildman–Crippen LogP) is 2.45. The summed E-state index contributed by atoms with van der Waals surface area (Å²) in [6.07, 6.45) is 0.482. The number of ether oxygens (including phenoxy) is 1. The molecule has 3 rings (SSSR count). The van der Waals surface area contributed by atoms with E-state index < -0.39 is 17.6 Å². The molecule has 0 fully saturated rings. The van der Waals surface area contributed by atoms with E-state index in [4.69, 9.17) is 10.00 Å². The number of aliphatic hydroxyl groups excluding tert-OH is 1. The third-order valence-corrected chi connectivity index (χ3v) is 4.56. The number of nitrogens with zero attached hydrogens (tertiary/aromatic N) is 1. The number of aliphatic hydroxyl groups is 1. The number of nitriles is 1. The number of fused-ring (bicyclic) bond motifs is 1. The van der Waals surface area contributed by atoms with Gasteiger partial charge in [0.15, 0.2) is 17.7 Å². The third kappa shape index (κ3) is 2.45. The Morgan fingerprint density at radius 2 is 2.04 bits per heavy atom. The highest BCUT2D eigenvalue weighted by Crippen LogP contribution is 2.44. The molecule has 0 spiro atoms. The Balaban J connectivity index is 2.08. The van der Waals surface area contributed by atoms with Gasteiger partial charge in [-0.15, -0.1) is 0 Å². The van der Waals surface area contributed by atoms with Gasteiger partial charge in [0.25, 0.3) is 0 Å². The SMILES string of the molecule is CC1(C)C(=O)c2ccc(C#N)cc2[C@@H](OC2=CC(=O)CC2)[C@@H]1O. The van der Waals surface area contributed by atoms with Crippen molar-refractivity contribution in [1.82, 2.24) is 0 Å². The van der Waals surface area contributed by atoms with E-state index in [2.05, 4.69) is 0 Å². The van der Waals surface area contributed by atoms with Crippen molar-refractivity contribution in [2.45, 2.75) is 38.9 Å². The Hall–Kier alpha value is -2.45. The first kappa shape index (κ1) is 15.4. The Kier molecular flexibility index (Phi) is 3.57. The molecule has 23 heavy (non-hydrogen) atoms. The van der Waals surface area contributed by atoms with Crippen molar-refractivity contribution in [3.05, 3.63) is 46.7 Å². The minimum Gasteiger partial charge on any atom is -0.487 e. The van der Waals surface area contributed by atoms with Crippen molar-refractivity contribution in [3.8, 4) is 6.07 Å². The first-order chi connectivity index (χ1) is 10.8. The average Bonchev–Trinajstić information content (AvgIpc) is 2.94. The molecule has 5 heteroatoms. The molecule has 1 aromatic carbocycles. The van der Waals surface area contributed by atoms with Gasteiger partial charge in [-0.1, -0.05) is 0 Å². The van der Waals surface area contributed by atoms with Crippen molar-refractivity contribution in [2.75, 3.05) is 0 Å². The highest BCUT2D eigenvalue weighted by Gasteiger charge is 2.48. The summed E-state index contributed by atoms with van der Waals surface area (Å²) < 4.78 is 5.87. The number of hydrogen-bond acceptors (Lipinski definition) is 5. The average molecular weight is 311 g/mol. The summed E-state index contributed by atoms with van der Waals surface area (Å²) >= 11 is 0. The fourth-order valence-electron chi connectivity index (χ4n) is 3.06. The molecule has 0 heterocycles. The van der Waals surface area contributed by atoms with E-state index in [1.165, 1.54) is 6.08 Å². The van der Waals surface area contributed by atoms with Gasteiger partial charge >= 0.3 is 0 Å². The standard InChI is InChI=1S/C18H17NO4/c1-18(2)16(21)13-6-3-10(9-19)7-14(13)15(17(18)22)23-12-5-4-11(20)8-12/h3,6-8,15,17,22H,4-5H2,1-2H3/t15-,17+/m1/s1. The van der Waals surface area contributed by atoms with E-state index in [1.807, 2.05) is 6.07 Å². The Morgan fingerprint density at radius 1 is 1.30 bits per heavy atom. The maximum Gasteiger partial charge on any atom is 0.171 e. The summed E-state index contributed by atoms with van der Waals surface area (Å²) in [7, 11) is 0. The van der Waals surface area contributed by atoms with Crippen LogP contribution in [0, 0.1) is 16.7 Å². The number of allylic oxidation sites excluding steroid dienone is 2. The molecule has 0 aliphatic heterocycles. The first-order valence-electron chi connectivity index (χ1n) is 7.51. The van der Waals surface area contributed by atoms with Crippen molar-refractivity contribution in [2.24, 2.45) is 5.41 Å². The Morgan fingerprint density at radius 3 is 2.65 bits per heavy atom. The second-order valence-electron chi connectivity index (χ2n) is 6.52. The molecule has 0 saturated carbocycles. The van der Waals surface area contributed by atoms with Crippen LogP contribution in [0.4, 0.5) is 0 Å². The van der Waals surface area contributed by atoms with Gasteiger partial charge < -0.3 is 9.84 Å². The van der Waals surface area contributed by atoms with Crippen molar-refractivity contribution in [3.63, 3.8) is 0 Å². The zero-order chi connectivity index (χ0) is 16.8. The van der Waals surface area contributed by atoms with Crippen LogP contribution in [0.5, 0.6) is 0 Å². The number of carbonyl (C=O) groups is 2. The number of ketones is 2. The number of benzene rings is 1. The zero-order valence-electron chi connectivity index (χ0n) is 13.0. The topological polar surface area (TPSA) is 87.4 Å². The summed E-state index contributed by atoms with van der Waals surface area (Å²) in [6, 6.07) is 6.80. The summed E-state index contributed by atoms with van der Waals surface area (Å²) in [5, 5.41) is 19.7. The van der Waals surface area contributed by atoms with Gasteiger partial charge in [0.05, 0.1) is 17.0 Å². The van der Waals surface area contributed by atoms with Gasteiger partial charge in [-0.05, 0) is 32.0 Å². The molecule has 0 bridgehead atoms. The highest BCUT2D eigenvalue weighted by atomic mass is 16.5. The molecule has 2 atom stereocenters. The molecule has 0 unspecified atom stereocenters. The maximum absolute atomic E-state index is 12.6. The number of Topliss-reactive ketones (excluding diaryl/α,β-unsaturated/α-hetero) is 1.